The third-order valence-electron chi connectivity index (χ3n) is 3.55. The summed E-state index contributed by atoms with van der Waals surface area (Å²) in [7, 11) is 0. The van der Waals surface area contributed by atoms with Gasteiger partial charge < -0.3 is 5.32 Å². The van der Waals surface area contributed by atoms with Gasteiger partial charge in [0.15, 0.2) is 0 Å². The highest BCUT2D eigenvalue weighted by Gasteiger charge is 2.19. The van der Waals surface area contributed by atoms with Crippen molar-refractivity contribution in [2.24, 2.45) is 0 Å². The van der Waals surface area contributed by atoms with Gasteiger partial charge >= 0.3 is 0 Å². The number of hydrogen-bond acceptors (Lipinski definition) is 1. The zero-order valence-electron chi connectivity index (χ0n) is 10.2. The topological polar surface area (TPSA) is 12.0 Å². The predicted molar refractivity (Wildman–Crippen MR) is 84.9 cm³/mol. The number of halogens is 1. The van der Waals surface area contributed by atoms with Gasteiger partial charge in [0.2, 0.25) is 0 Å². The maximum absolute atomic E-state index is 3.66. The number of hydrogen-bond donors (Lipinski definition) is 1. The lowest BCUT2D eigenvalue weighted by atomic mass is 9.87. The van der Waals surface area contributed by atoms with Crippen molar-refractivity contribution in [3.05, 3.63) is 63.2 Å². The van der Waals surface area contributed by atoms with E-state index in [1.807, 2.05) is 0 Å². The fraction of sp³-hybridized carbons (Fsp3) is 0.250. The number of anilines is 1. The van der Waals surface area contributed by atoms with Crippen LogP contribution in [0.2, 0.25) is 0 Å². The van der Waals surface area contributed by atoms with E-state index in [1.54, 1.807) is 0 Å². The van der Waals surface area contributed by atoms with Gasteiger partial charge in [0.05, 0.1) is 6.04 Å². The van der Waals surface area contributed by atoms with Crippen LogP contribution in [0.25, 0.3) is 0 Å². The molecule has 0 spiro atoms. The molecule has 0 bridgehead atoms. The van der Waals surface area contributed by atoms with Gasteiger partial charge in [-0.2, -0.15) is 0 Å². The molecule has 0 aliphatic heterocycles. The summed E-state index contributed by atoms with van der Waals surface area (Å²) in [6, 6.07) is 17.9. The first-order valence-corrected chi connectivity index (χ1v) is 7.51. The van der Waals surface area contributed by atoms with E-state index in [0.717, 1.165) is 0 Å². The van der Waals surface area contributed by atoms with Gasteiger partial charge in [-0.3, -0.25) is 0 Å². The smallest absolute Gasteiger partial charge is 0.0516 e. The summed E-state index contributed by atoms with van der Waals surface area (Å²) in [5.74, 6) is 0. The Kier molecular flexibility index (Phi) is 3.55. The first-order valence-electron chi connectivity index (χ1n) is 6.43. The van der Waals surface area contributed by atoms with E-state index in [1.165, 1.54) is 39.6 Å². The van der Waals surface area contributed by atoms with Gasteiger partial charge in [0.25, 0.3) is 0 Å². The third-order valence-corrected chi connectivity index (χ3v) is 4.27. The average molecular weight is 349 g/mol. The normalized spacial score (nSPS) is 18.2. The first-order chi connectivity index (χ1) is 8.83. The van der Waals surface area contributed by atoms with Crippen LogP contribution < -0.4 is 5.32 Å². The molecule has 1 N–H and O–H groups in total. The largest absolute Gasteiger partial charge is 0.378 e. The zero-order valence-corrected chi connectivity index (χ0v) is 12.4. The molecule has 1 nitrogen and oxygen atoms in total. The van der Waals surface area contributed by atoms with Crippen molar-refractivity contribution in [3.63, 3.8) is 0 Å². The minimum atomic E-state index is 0.468. The van der Waals surface area contributed by atoms with Crippen molar-refractivity contribution >= 4 is 28.3 Å². The van der Waals surface area contributed by atoms with Crippen LogP contribution >= 0.6 is 22.6 Å². The molecule has 1 unspecified atom stereocenters. The Bertz CT molecular complexity index is 533. The van der Waals surface area contributed by atoms with Crippen molar-refractivity contribution in [2.45, 2.75) is 25.3 Å². The van der Waals surface area contributed by atoms with Crippen LogP contribution in [0.3, 0.4) is 0 Å². The van der Waals surface area contributed by atoms with E-state index in [4.69, 9.17) is 0 Å². The standard InChI is InChI=1S/C16H16IN/c17-13-8-10-14(11-9-13)18-16-7-3-5-12-4-1-2-6-15(12)16/h1-2,4,6,8-11,16,18H,3,5,7H2. The van der Waals surface area contributed by atoms with Crippen LogP contribution in [0.15, 0.2) is 48.5 Å². The molecular formula is C16H16IN. The van der Waals surface area contributed by atoms with E-state index in [9.17, 15) is 0 Å². The summed E-state index contributed by atoms with van der Waals surface area (Å²) in [4.78, 5) is 0. The summed E-state index contributed by atoms with van der Waals surface area (Å²) >= 11 is 2.34. The number of fused-ring (bicyclic) bond motifs is 1. The SMILES string of the molecule is Ic1ccc(NC2CCCc3ccccc32)cc1. The third kappa shape index (κ3) is 2.53. The van der Waals surface area contributed by atoms with Crippen LogP contribution in [-0.4, -0.2) is 0 Å². The van der Waals surface area contributed by atoms with Crippen molar-refractivity contribution in [1.82, 2.24) is 0 Å². The number of benzene rings is 2. The molecule has 2 aromatic carbocycles. The molecule has 2 aromatic rings. The quantitative estimate of drug-likeness (QED) is 0.770. The summed E-state index contributed by atoms with van der Waals surface area (Å²) in [5.41, 5.74) is 4.20. The van der Waals surface area contributed by atoms with E-state index in [-0.39, 0.29) is 0 Å². The van der Waals surface area contributed by atoms with Crippen molar-refractivity contribution in [3.8, 4) is 0 Å². The molecule has 0 amide bonds. The highest BCUT2D eigenvalue weighted by molar-refractivity contribution is 14.1. The Morgan fingerprint density at radius 2 is 1.78 bits per heavy atom. The molecule has 0 heterocycles. The molecule has 0 radical (unpaired) electrons. The van der Waals surface area contributed by atoms with Gasteiger partial charge in [-0.05, 0) is 77.2 Å². The molecule has 0 saturated carbocycles. The molecular weight excluding hydrogens is 333 g/mol. The summed E-state index contributed by atoms with van der Waals surface area (Å²) in [6.07, 6.45) is 3.73. The second kappa shape index (κ2) is 5.31. The highest BCUT2D eigenvalue weighted by atomic mass is 127. The fourth-order valence-electron chi connectivity index (χ4n) is 2.65. The molecule has 2 heteroatoms. The lowest BCUT2D eigenvalue weighted by Gasteiger charge is -2.27. The van der Waals surface area contributed by atoms with Gasteiger partial charge in [-0.1, -0.05) is 24.3 Å². The second-order valence-corrected chi connectivity index (χ2v) is 6.04. The van der Waals surface area contributed by atoms with E-state index in [2.05, 4.69) is 76.4 Å². The Morgan fingerprint density at radius 1 is 1.00 bits per heavy atom. The predicted octanol–water partition coefficient (Wildman–Crippen LogP) is 4.78. The van der Waals surface area contributed by atoms with Gasteiger partial charge in [0, 0.05) is 9.26 Å². The Labute approximate surface area is 122 Å². The van der Waals surface area contributed by atoms with Crippen molar-refractivity contribution in [1.29, 1.82) is 0 Å². The maximum atomic E-state index is 3.66. The van der Waals surface area contributed by atoms with Gasteiger partial charge in [0.1, 0.15) is 0 Å². The number of nitrogens with one attached hydrogen (secondary N) is 1. The summed E-state index contributed by atoms with van der Waals surface area (Å²) < 4.78 is 1.28. The molecule has 1 atom stereocenters. The zero-order chi connectivity index (χ0) is 12.4. The summed E-state index contributed by atoms with van der Waals surface area (Å²) in [5, 5.41) is 3.66. The second-order valence-electron chi connectivity index (χ2n) is 4.79. The Hall–Kier alpha value is -1.03. The van der Waals surface area contributed by atoms with Crippen LogP contribution in [0.4, 0.5) is 5.69 Å². The number of rotatable bonds is 2. The van der Waals surface area contributed by atoms with Gasteiger partial charge in [-0.15, -0.1) is 0 Å². The molecule has 3 rings (SSSR count). The molecule has 0 aromatic heterocycles. The van der Waals surface area contributed by atoms with Crippen LogP contribution in [0, 0.1) is 3.57 Å². The Morgan fingerprint density at radius 3 is 2.61 bits per heavy atom. The van der Waals surface area contributed by atoms with Crippen LogP contribution in [-0.2, 0) is 6.42 Å². The first kappa shape index (κ1) is 12.0. The minimum Gasteiger partial charge on any atom is -0.378 e. The minimum absolute atomic E-state index is 0.468. The number of aryl methyl sites for hydroxylation is 1. The van der Waals surface area contributed by atoms with E-state index in [0.29, 0.717) is 6.04 Å². The summed E-state index contributed by atoms with van der Waals surface area (Å²) in [6.45, 7) is 0. The lowest BCUT2D eigenvalue weighted by Crippen LogP contribution is -2.17. The van der Waals surface area contributed by atoms with Crippen LogP contribution in [0.1, 0.15) is 30.0 Å². The van der Waals surface area contributed by atoms with E-state index >= 15 is 0 Å². The molecule has 18 heavy (non-hydrogen) atoms. The Balaban J connectivity index is 1.84. The molecule has 92 valence electrons. The molecule has 1 aliphatic rings. The van der Waals surface area contributed by atoms with Crippen molar-refractivity contribution in [2.75, 3.05) is 5.32 Å². The fourth-order valence-corrected chi connectivity index (χ4v) is 3.01. The van der Waals surface area contributed by atoms with E-state index < -0.39 is 0 Å². The van der Waals surface area contributed by atoms with Crippen molar-refractivity contribution < 1.29 is 0 Å². The highest BCUT2D eigenvalue weighted by Crippen LogP contribution is 2.32. The molecule has 1 aliphatic carbocycles. The molecule has 0 fully saturated rings. The van der Waals surface area contributed by atoms with Crippen LogP contribution in [0.5, 0.6) is 0 Å². The maximum Gasteiger partial charge on any atom is 0.0516 e. The lowest BCUT2D eigenvalue weighted by molar-refractivity contribution is 0.600. The average Bonchev–Trinajstić information content (AvgIpc) is 2.42. The monoisotopic (exact) mass is 349 g/mol. The van der Waals surface area contributed by atoms with Gasteiger partial charge in [-0.25, -0.2) is 0 Å². The molecule has 0 saturated heterocycles.